The van der Waals surface area contributed by atoms with Crippen molar-refractivity contribution in [2.75, 3.05) is 6.54 Å². The first-order valence-electron chi connectivity index (χ1n) is 8.75. The number of aryl methyl sites for hydroxylation is 2. The molecule has 0 aliphatic carbocycles. The summed E-state index contributed by atoms with van der Waals surface area (Å²) in [5, 5.41) is 8.21. The van der Waals surface area contributed by atoms with Gasteiger partial charge >= 0.3 is 0 Å². The first-order valence-corrected chi connectivity index (χ1v) is 9.57. The highest BCUT2D eigenvalue weighted by Crippen LogP contribution is 2.27. The molecule has 28 heavy (non-hydrogen) atoms. The van der Waals surface area contributed by atoms with Gasteiger partial charge in [-0.2, -0.15) is 5.10 Å². The summed E-state index contributed by atoms with van der Waals surface area (Å²) < 4.78 is 1.36. The zero-order valence-corrected chi connectivity index (χ0v) is 16.2. The second-order valence-electron chi connectivity index (χ2n) is 6.32. The maximum Gasteiger partial charge on any atom is 0.266 e. The Hall–Kier alpha value is -3.33. The molecule has 0 aliphatic rings. The van der Waals surface area contributed by atoms with Crippen LogP contribution in [0.3, 0.4) is 0 Å². The van der Waals surface area contributed by atoms with Gasteiger partial charge < -0.3 is 10.3 Å². The number of fused-ring (bicyclic) bond motifs is 1. The predicted octanol–water partition coefficient (Wildman–Crippen LogP) is 2.29. The van der Waals surface area contributed by atoms with E-state index < -0.39 is 0 Å². The number of thiazole rings is 1. The number of imidazole rings is 1. The molecule has 4 rings (SSSR count). The minimum atomic E-state index is -0.213. The highest BCUT2D eigenvalue weighted by Gasteiger charge is 2.11. The van der Waals surface area contributed by atoms with Crippen molar-refractivity contribution in [1.29, 1.82) is 0 Å². The fourth-order valence-corrected chi connectivity index (χ4v) is 3.84. The van der Waals surface area contributed by atoms with E-state index in [1.165, 1.54) is 10.7 Å². The summed E-state index contributed by atoms with van der Waals surface area (Å²) >= 11 is 1.54. The van der Waals surface area contributed by atoms with Crippen LogP contribution in [0.25, 0.3) is 21.6 Å². The molecule has 0 spiro atoms. The van der Waals surface area contributed by atoms with Crippen molar-refractivity contribution in [2.24, 2.45) is 0 Å². The van der Waals surface area contributed by atoms with E-state index in [0.29, 0.717) is 11.3 Å². The molecule has 1 aromatic carbocycles. The van der Waals surface area contributed by atoms with Crippen molar-refractivity contribution in [2.45, 2.75) is 20.4 Å². The Balaban J connectivity index is 1.45. The number of H-pyrrole nitrogens is 1. The van der Waals surface area contributed by atoms with E-state index in [4.69, 9.17) is 0 Å². The molecule has 0 unspecified atom stereocenters. The lowest BCUT2D eigenvalue weighted by molar-refractivity contribution is 0.0952. The Morgan fingerprint density at radius 1 is 1.25 bits per heavy atom. The van der Waals surface area contributed by atoms with Gasteiger partial charge in [0, 0.05) is 18.2 Å². The van der Waals surface area contributed by atoms with Crippen LogP contribution in [0.15, 0.2) is 41.5 Å². The number of nitrogens with one attached hydrogen (secondary N) is 2. The van der Waals surface area contributed by atoms with Gasteiger partial charge in [-0.3, -0.25) is 9.59 Å². The summed E-state index contributed by atoms with van der Waals surface area (Å²) in [6.45, 7) is 4.43. The van der Waals surface area contributed by atoms with Crippen LogP contribution >= 0.6 is 11.3 Å². The molecule has 2 N–H and O–H groups in total. The first-order chi connectivity index (χ1) is 13.5. The van der Waals surface area contributed by atoms with Gasteiger partial charge in [0.1, 0.15) is 5.69 Å². The predicted molar refractivity (Wildman–Crippen MR) is 108 cm³/mol. The molecule has 142 valence electrons. The van der Waals surface area contributed by atoms with Gasteiger partial charge in [0.25, 0.3) is 11.5 Å². The van der Waals surface area contributed by atoms with E-state index in [9.17, 15) is 9.59 Å². The number of aromatic nitrogens is 5. The lowest BCUT2D eigenvalue weighted by Crippen LogP contribution is -2.31. The number of amides is 1. The van der Waals surface area contributed by atoms with Gasteiger partial charge in [-0.25, -0.2) is 14.6 Å². The summed E-state index contributed by atoms with van der Waals surface area (Å²) in [4.78, 5) is 36.9. The molecule has 0 saturated heterocycles. The third-order valence-corrected chi connectivity index (χ3v) is 5.39. The minimum absolute atomic E-state index is 0.212. The third kappa shape index (κ3) is 3.56. The van der Waals surface area contributed by atoms with E-state index in [1.54, 1.807) is 41.9 Å². The topological polar surface area (TPSA) is 106 Å². The van der Waals surface area contributed by atoms with E-state index in [-0.39, 0.29) is 24.6 Å². The van der Waals surface area contributed by atoms with Gasteiger partial charge in [-0.1, -0.05) is 0 Å². The fraction of sp³-hybridized carbons (Fsp3) is 0.211. The molecule has 9 heteroatoms. The number of carbonyl (C=O) groups is 1. The van der Waals surface area contributed by atoms with Crippen LogP contribution < -0.4 is 10.9 Å². The van der Waals surface area contributed by atoms with Crippen molar-refractivity contribution in [3.63, 3.8) is 0 Å². The Kier molecular flexibility index (Phi) is 4.74. The van der Waals surface area contributed by atoms with E-state index in [1.807, 2.05) is 13.8 Å². The highest BCUT2D eigenvalue weighted by molar-refractivity contribution is 7.15. The monoisotopic (exact) mass is 394 g/mol. The van der Waals surface area contributed by atoms with E-state index in [0.717, 1.165) is 26.6 Å². The average molecular weight is 394 g/mol. The van der Waals surface area contributed by atoms with Crippen LogP contribution in [-0.2, 0) is 6.54 Å². The number of hydrogen-bond acceptors (Lipinski definition) is 6. The molecular weight excluding hydrogens is 376 g/mol. The SMILES string of the molecule is Cc1nc(C)c(-c2ccc(=O)n(CCNC(=O)c3ccc4nc[nH]c4c3)n2)s1. The highest BCUT2D eigenvalue weighted by atomic mass is 32.1. The van der Waals surface area contributed by atoms with Crippen molar-refractivity contribution in [1.82, 2.24) is 30.0 Å². The summed E-state index contributed by atoms with van der Waals surface area (Å²) in [5.41, 5.74) is 3.52. The van der Waals surface area contributed by atoms with Gasteiger partial charge in [-0.15, -0.1) is 11.3 Å². The lowest BCUT2D eigenvalue weighted by Gasteiger charge is -2.08. The number of rotatable bonds is 5. The molecule has 8 nitrogen and oxygen atoms in total. The standard InChI is InChI=1S/C19H18N6O2S/c1-11-18(28-12(2)23-11)15-5-6-17(26)25(24-15)8-7-20-19(27)13-3-4-14-16(9-13)22-10-21-14/h3-6,9-10H,7-8H2,1-2H3,(H,20,27)(H,21,22). The third-order valence-electron chi connectivity index (χ3n) is 4.29. The maximum atomic E-state index is 12.4. The molecule has 3 heterocycles. The van der Waals surface area contributed by atoms with Crippen molar-refractivity contribution in [3.05, 3.63) is 63.3 Å². The molecule has 0 saturated carbocycles. The number of aromatic amines is 1. The largest absolute Gasteiger partial charge is 0.350 e. The molecule has 0 atom stereocenters. The molecule has 0 aliphatic heterocycles. The van der Waals surface area contributed by atoms with Crippen molar-refractivity contribution < 1.29 is 4.79 Å². The van der Waals surface area contributed by atoms with Gasteiger partial charge in [0.2, 0.25) is 0 Å². The number of benzene rings is 1. The zero-order chi connectivity index (χ0) is 19.7. The quantitative estimate of drug-likeness (QED) is 0.540. The summed E-state index contributed by atoms with van der Waals surface area (Å²) in [6.07, 6.45) is 1.59. The van der Waals surface area contributed by atoms with Crippen LogP contribution in [0.4, 0.5) is 0 Å². The minimum Gasteiger partial charge on any atom is -0.350 e. The molecule has 0 radical (unpaired) electrons. The molecule has 0 bridgehead atoms. The molecule has 3 aromatic heterocycles. The Bertz CT molecular complexity index is 1220. The lowest BCUT2D eigenvalue weighted by atomic mass is 10.2. The van der Waals surface area contributed by atoms with Crippen molar-refractivity contribution in [3.8, 4) is 10.6 Å². The number of hydrogen-bond donors (Lipinski definition) is 2. The van der Waals surface area contributed by atoms with E-state index >= 15 is 0 Å². The number of nitrogens with zero attached hydrogens (tertiary/aromatic N) is 4. The van der Waals surface area contributed by atoms with Gasteiger partial charge in [0.05, 0.1) is 39.5 Å². The van der Waals surface area contributed by atoms with Gasteiger partial charge in [0.15, 0.2) is 0 Å². The van der Waals surface area contributed by atoms with Crippen LogP contribution in [0.5, 0.6) is 0 Å². The Morgan fingerprint density at radius 2 is 2.11 bits per heavy atom. The summed E-state index contributed by atoms with van der Waals surface area (Å²) in [7, 11) is 0. The van der Waals surface area contributed by atoms with Crippen LogP contribution in [0, 0.1) is 13.8 Å². The fourth-order valence-electron chi connectivity index (χ4n) is 2.95. The average Bonchev–Trinajstić information content (AvgIpc) is 3.28. The number of carbonyl (C=O) groups excluding carboxylic acids is 1. The molecule has 4 aromatic rings. The molecular formula is C19H18N6O2S. The normalized spacial score (nSPS) is 11.1. The summed E-state index contributed by atoms with van der Waals surface area (Å²) in [6, 6.07) is 8.45. The van der Waals surface area contributed by atoms with E-state index in [2.05, 4.69) is 25.4 Å². The Labute approximate surface area is 164 Å². The molecule has 0 fully saturated rings. The first kappa shape index (κ1) is 18.1. The Morgan fingerprint density at radius 3 is 2.89 bits per heavy atom. The van der Waals surface area contributed by atoms with Crippen LogP contribution in [-0.4, -0.2) is 37.2 Å². The molecule has 1 amide bonds. The van der Waals surface area contributed by atoms with Gasteiger partial charge in [-0.05, 0) is 38.1 Å². The summed E-state index contributed by atoms with van der Waals surface area (Å²) in [5.74, 6) is -0.213. The second-order valence-corrected chi connectivity index (χ2v) is 7.52. The van der Waals surface area contributed by atoms with Crippen molar-refractivity contribution >= 4 is 28.3 Å². The zero-order valence-electron chi connectivity index (χ0n) is 15.4. The van der Waals surface area contributed by atoms with Crippen LogP contribution in [0.1, 0.15) is 21.1 Å². The second kappa shape index (κ2) is 7.35. The smallest absolute Gasteiger partial charge is 0.266 e. The maximum absolute atomic E-state index is 12.4. The van der Waals surface area contributed by atoms with Crippen LogP contribution in [0.2, 0.25) is 0 Å².